The first-order valence-electron chi connectivity index (χ1n) is 9.99. The number of anilines is 1. The molecule has 1 amide bonds. The van der Waals surface area contributed by atoms with Crippen molar-refractivity contribution in [3.8, 4) is 0 Å². The van der Waals surface area contributed by atoms with E-state index in [0.717, 1.165) is 6.42 Å². The fourth-order valence-electron chi connectivity index (χ4n) is 3.99. The Morgan fingerprint density at radius 3 is 2.43 bits per heavy atom. The Balaban J connectivity index is 2.04. The van der Waals surface area contributed by atoms with Gasteiger partial charge in [-0.3, -0.25) is 4.79 Å². The highest BCUT2D eigenvalue weighted by atomic mass is 32.2. The molecule has 2 atom stereocenters. The number of rotatable bonds is 6. The molecule has 0 saturated heterocycles. The van der Waals surface area contributed by atoms with Gasteiger partial charge < -0.3 is 10.6 Å². The van der Waals surface area contributed by atoms with Crippen molar-refractivity contribution < 1.29 is 13.2 Å². The molecule has 158 valence electrons. The van der Waals surface area contributed by atoms with Gasteiger partial charge in [0, 0.05) is 25.8 Å². The first-order valence-corrected chi connectivity index (χ1v) is 11.4. The van der Waals surface area contributed by atoms with E-state index < -0.39 is 10.0 Å². The number of hydrogen-bond donors (Lipinski definition) is 2. The summed E-state index contributed by atoms with van der Waals surface area (Å²) in [6.45, 7) is 8.75. The molecule has 0 radical (unpaired) electrons. The van der Waals surface area contributed by atoms with E-state index in [1.54, 1.807) is 19.1 Å². The Labute approximate surface area is 170 Å². The molecule has 0 bridgehead atoms. The summed E-state index contributed by atoms with van der Waals surface area (Å²) in [7, 11) is -0.553. The predicted octanol–water partition coefficient (Wildman–Crippen LogP) is 3.38. The minimum Gasteiger partial charge on any atom is -0.325 e. The zero-order valence-electron chi connectivity index (χ0n) is 18.0. The number of benzene rings is 1. The van der Waals surface area contributed by atoms with Gasteiger partial charge in [0.05, 0.1) is 11.4 Å². The van der Waals surface area contributed by atoms with Crippen molar-refractivity contribution in [2.24, 2.45) is 11.3 Å². The van der Waals surface area contributed by atoms with Gasteiger partial charge in [-0.25, -0.2) is 12.7 Å². The van der Waals surface area contributed by atoms with Crippen LogP contribution in [0, 0.1) is 18.3 Å². The van der Waals surface area contributed by atoms with E-state index in [-0.39, 0.29) is 22.8 Å². The van der Waals surface area contributed by atoms with Crippen LogP contribution in [0.5, 0.6) is 0 Å². The van der Waals surface area contributed by atoms with Crippen LogP contribution in [0.4, 0.5) is 5.69 Å². The standard InChI is InChI=1S/C21H35N3O3S/c1-15-11-12-16(13-19(15)28(26,27)24(5)6)23-20(25)14-22-18-10-8-7-9-17(18)21(2,3)4/h11-13,17-18,22H,7-10,14H2,1-6H3,(H,23,25). The van der Waals surface area contributed by atoms with Crippen molar-refractivity contribution in [3.63, 3.8) is 0 Å². The third-order valence-corrected chi connectivity index (χ3v) is 7.59. The summed E-state index contributed by atoms with van der Waals surface area (Å²) in [5.41, 5.74) is 1.36. The van der Waals surface area contributed by atoms with Crippen LogP contribution < -0.4 is 10.6 Å². The van der Waals surface area contributed by atoms with Gasteiger partial charge in [-0.05, 0) is 48.8 Å². The molecule has 0 spiro atoms. The smallest absolute Gasteiger partial charge is 0.242 e. The number of hydrogen-bond acceptors (Lipinski definition) is 4. The second kappa shape index (κ2) is 8.93. The van der Waals surface area contributed by atoms with E-state index in [1.807, 2.05) is 0 Å². The van der Waals surface area contributed by atoms with Crippen LogP contribution in [0.2, 0.25) is 0 Å². The molecule has 1 saturated carbocycles. The minimum atomic E-state index is -3.55. The molecule has 1 aromatic carbocycles. The Kier molecular flexibility index (Phi) is 7.28. The van der Waals surface area contributed by atoms with Gasteiger partial charge in [0.15, 0.2) is 0 Å². The Bertz CT molecular complexity index is 798. The molecule has 28 heavy (non-hydrogen) atoms. The van der Waals surface area contributed by atoms with Gasteiger partial charge in [0.25, 0.3) is 0 Å². The van der Waals surface area contributed by atoms with E-state index in [1.165, 1.54) is 43.7 Å². The largest absolute Gasteiger partial charge is 0.325 e. The van der Waals surface area contributed by atoms with Crippen LogP contribution in [-0.4, -0.2) is 45.3 Å². The molecule has 7 heteroatoms. The minimum absolute atomic E-state index is 0.157. The SMILES string of the molecule is Cc1ccc(NC(=O)CNC2CCCCC2C(C)(C)C)cc1S(=O)(=O)N(C)C. The topological polar surface area (TPSA) is 78.5 Å². The van der Waals surface area contributed by atoms with Crippen molar-refractivity contribution in [2.75, 3.05) is 26.0 Å². The molecule has 1 aliphatic carbocycles. The van der Waals surface area contributed by atoms with E-state index >= 15 is 0 Å². The maximum Gasteiger partial charge on any atom is 0.242 e. The summed E-state index contributed by atoms with van der Waals surface area (Å²) in [6.07, 6.45) is 4.71. The second-order valence-corrected chi connectivity index (χ2v) is 11.2. The lowest BCUT2D eigenvalue weighted by molar-refractivity contribution is -0.115. The lowest BCUT2D eigenvalue weighted by atomic mass is 9.69. The summed E-state index contributed by atoms with van der Waals surface area (Å²) in [5, 5.41) is 6.26. The third kappa shape index (κ3) is 5.55. The van der Waals surface area contributed by atoms with Crippen molar-refractivity contribution in [2.45, 2.75) is 64.3 Å². The molecule has 1 fully saturated rings. The molecule has 1 aromatic rings. The first kappa shape index (κ1) is 22.8. The van der Waals surface area contributed by atoms with Crippen LogP contribution in [0.1, 0.15) is 52.0 Å². The lowest BCUT2D eigenvalue weighted by Gasteiger charge is -2.40. The molecule has 6 nitrogen and oxygen atoms in total. The van der Waals surface area contributed by atoms with Gasteiger partial charge >= 0.3 is 0 Å². The van der Waals surface area contributed by atoms with Crippen LogP contribution in [-0.2, 0) is 14.8 Å². The first-order chi connectivity index (χ1) is 12.9. The Hall–Kier alpha value is -1.44. The molecule has 0 aromatic heterocycles. The molecular formula is C21H35N3O3S. The molecule has 0 aliphatic heterocycles. The predicted molar refractivity (Wildman–Crippen MR) is 114 cm³/mol. The van der Waals surface area contributed by atoms with Crippen LogP contribution >= 0.6 is 0 Å². The monoisotopic (exact) mass is 409 g/mol. The van der Waals surface area contributed by atoms with Crippen LogP contribution in [0.15, 0.2) is 23.1 Å². The highest BCUT2D eigenvalue weighted by molar-refractivity contribution is 7.89. The fourth-order valence-corrected chi connectivity index (χ4v) is 5.14. The van der Waals surface area contributed by atoms with E-state index in [9.17, 15) is 13.2 Å². The Morgan fingerprint density at radius 1 is 1.18 bits per heavy atom. The summed E-state index contributed by atoms with van der Waals surface area (Å²) in [6, 6.07) is 5.32. The molecular weight excluding hydrogens is 374 g/mol. The van der Waals surface area contributed by atoms with Crippen LogP contribution in [0.3, 0.4) is 0 Å². The van der Waals surface area contributed by atoms with Crippen LogP contribution in [0.25, 0.3) is 0 Å². The van der Waals surface area contributed by atoms with Gasteiger partial charge in [-0.1, -0.05) is 39.7 Å². The van der Waals surface area contributed by atoms with E-state index in [0.29, 0.717) is 23.2 Å². The van der Waals surface area contributed by atoms with Gasteiger partial charge in [-0.15, -0.1) is 0 Å². The molecule has 2 unspecified atom stereocenters. The van der Waals surface area contributed by atoms with Gasteiger partial charge in [-0.2, -0.15) is 0 Å². The number of carbonyl (C=O) groups is 1. The van der Waals surface area contributed by atoms with Crippen molar-refractivity contribution in [1.29, 1.82) is 0 Å². The van der Waals surface area contributed by atoms with Gasteiger partial charge in [0.1, 0.15) is 0 Å². The summed E-state index contributed by atoms with van der Waals surface area (Å²) < 4.78 is 26.1. The number of carbonyl (C=O) groups excluding carboxylic acids is 1. The summed E-state index contributed by atoms with van der Waals surface area (Å²) >= 11 is 0. The molecule has 0 heterocycles. The van der Waals surface area contributed by atoms with E-state index in [4.69, 9.17) is 0 Å². The number of nitrogens with zero attached hydrogens (tertiary/aromatic N) is 1. The zero-order chi connectivity index (χ0) is 21.1. The fraction of sp³-hybridized carbons (Fsp3) is 0.667. The summed E-state index contributed by atoms with van der Waals surface area (Å²) in [4.78, 5) is 12.7. The maximum atomic E-state index is 12.5. The Morgan fingerprint density at radius 2 is 1.82 bits per heavy atom. The van der Waals surface area contributed by atoms with Gasteiger partial charge in [0.2, 0.25) is 15.9 Å². The average Bonchev–Trinajstić information content (AvgIpc) is 2.60. The zero-order valence-corrected chi connectivity index (χ0v) is 18.8. The lowest BCUT2D eigenvalue weighted by Crippen LogP contribution is -2.46. The quantitative estimate of drug-likeness (QED) is 0.755. The summed E-state index contributed by atoms with van der Waals surface area (Å²) in [5.74, 6) is 0.389. The normalized spacial score (nSPS) is 21.0. The average molecular weight is 410 g/mol. The highest BCUT2D eigenvalue weighted by Gasteiger charge is 2.34. The highest BCUT2D eigenvalue weighted by Crippen LogP contribution is 2.37. The maximum absolute atomic E-state index is 12.5. The number of amides is 1. The number of sulfonamides is 1. The van der Waals surface area contributed by atoms with Crippen molar-refractivity contribution in [3.05, 3.63) is 23.8 Å². The molecule has 2 rings (SSSR count). The number of aryl methyl sites for hydroxylation is 1. The number of nitrogens with one attached hydrogen (secondary N) is 2. The van der Waals surface area contributed by atoms with Crippen molar-refractivity contribution in [1.82, 2.24) is 9.62 Å². The van der Waals surface area contributed by atoms with E-state index in [2.05, 4.69) is 31.4 Å². The third-order valence-electron chi connectivity index (χ3n) is 5.63. The van der Waals surface area contributed by atoms with Crippen molar-refractivity contribution >= 4 is 21.6 Å². The second-order valence-electron chi connectivity index (χ2n) is 9.06. The molecule has 2 N–H and O–H groups in total. The molecule has 1 aliphatic rings.